The third kappa shape index (κ3) is 11.8. The van der Waals surface area contributed by atoms with E-state index in [-0.39, 0.29) is 43.3 Å². The molecule has 13 N–H and O–H groups in total. The minimum Gasteiger partial charge on any atom is -0.508 e. The number of primary amides is 1. The van der Waals surface area contributed by atoms with Crippen LogP contribution in [0.1, 0.15) is 24.8 Å². The van der Waals surface area contributed by atoms with Crippen LogP contribution in [0, 0.1) is 0 Å². The molecule has 1 aromatic carbocycles. The van der Waals surface area contributed by atoms with Crippen LogP contribution in [0.2, 0.25) is 0 Å². The lowest BCUT2D eigenvalue weighted by atomic mass is 10.0. The van der Waals surface area contributed by atoms with E-state index in [0.29, 0.717) is 5.56 Å². The molecule has 0 aromatic heterocycles. The summed E-state index contributed by atoms with van der Waals surface area (Å²) in [4.78, 5) is 64.7. The number of carbonyl (C=O) groups is 5. The second-order valence-electron chi connectivity index (χ2n) is 8.30. The van der Waals surface area contributed by atoms with Gasteiger partial charge in [-0.2, -0.15) is 12.6 Å². The van der Waals surface area contributed by atoms with Gasteiger partial charge in [0.25, 0.3) is 0 Å². The number of hydrogen-bond donors (Lipinski definition) is 10. The van der Waals surface area contributed by atoms with Gasteiger partial charge >= 0.3 is 5.97 Å². The van der Waals surface area contributed by atoms with E-state index in [9.17, 15) is 34.2 Å². The number of aliphatic imine (C=N–C) groups is 1. The Labute approximate surface area is 224 Å². The predicted molar refractivity (Wildman–Crippen MR) is 141 cm³/mol. The first-order valence-corrected chi connectivity index (χ1v) is 12.1. The average molecular weight is 555 g/mol. The zero-order valence-corrected chi connectivity index (χ0v) is 21.4. The first kappa shape index (κ1) is 32.0. The van der Waals surface area contributed by atoms with Gasteiger partial charge in [-0.05, 0) is 30.5 Å². The van der Waals surface area contributed by atoms with Crippen LogP contribution >= 0.6 is 12.6 Å². The van der Waals surface area contributed by atoms with Crippen molar-refractivity contribution < 1.29 is 34.2 Å². The zero-order valence-electron chi connectivity index (χ0n) is 20.5. The number of phenols is 1. The summed E-state index contributed by atoms with van der Waals surface area (Å²) in [5.74, 6) is -4.92. The van der Waals surface area contributed by atoms with E-state index in [2.05, 4.69) is 33.6 Å². The summed E-state index contributed by atoms with van der Waals surface area (Å²) in [5.41, 5.74) is 21.8. The molecule has 0 aliphatic carbocycles. The van der Waals surface area contributed by atoms with E-state index in [1.165, 1.54) is 24.3 Å². The van der Waals surface area contributed by atoms with Crippen LogP contribution in [-0.4, -0.2) is 82.2 Å². The summed E-state index contributed by atoms with van der Waals surface area (Å²) < 4.78 is 0. The normalized spacial score (nSPS) is 13.7. The highest BCUT2D eigenvalue weighted by atomic mass is 32.1. The van der Waals surface area contributed by atoms with E-state index in [1.807, 2.05) is 0 Å². The fraction of sp³-hybridized carbons (Fsp3) is 0.455. The van der Waals surface area contributed by atoms with Gasteiger partial charge in [-0.25, -0.2) is 4.79 Å². The number of hydrogen-bond acceptors (Lipinski definition) is 9. The standard InChI is InChI=1S/C22H34N8O7S/c23-13(9-17(24)32)18(33)29-15(8-11-3-5-12(31)6-4-11)19(34)30-16(10-38)20(35)28-14(21(36)37)2-1-7-27-22(25)26/h3-6,13-16,31,38H,1-2,7-10,23H2,(H2,24,32)(H,28,35)(H,29,33)(H,30,34)(H,36,37)(H4,25,26,27). The Morgan fingerprint density at radius 3 is 1.97 bits per heavy atom. The van der Waals surface area contributed by atoms with Crippen molar-refractivity contribution in [3.05, 3.63) is 29.8 Å². The monoisotopic (exact) mass is 554 g/mol. The van der Waals surface area contributed by atoms with Gasteiger partial charge in [0, 0.05) is 18.7 Å². The number of benzene rings is 1. The van der Waals surface area contributed by atoms with E-state index < -0.39 is 60.2 Å². The molecule has 0 radical (unpaired) electrons. The maximum absolute atomic E-state index is 13.1. The van der Waals surface area contributed by atoms with E-state index in [4.69, 9.17) is 22.9 Å². The first-order valence-electron chi connectivity index (χ1n) is 11.5. The summed E-state index contributed by atoms with van der Waals surface area (Å²) in [6.45, 7) is 0.158. The number of carboxylic acid groups (broad SMARTS) is 1. The van der Waals surface area contributed by atoms with Crippen molar-refractivity contribution in [3.8, 4) is 5.75 Å². The Bertz CT molecular complexity index is 1020. The molecule has 0 heterocycles. The average Bonchev–Trinajstić information content (AvgIpc) is 2.84. The highest BCUT2D eigenvalue weighted by molar-refractivity contribution is 7.80. The van der Waals surface area contributed by atoms with Gasteiger partial charge in [-0.15, -0.1) is 0 Å². The van der Waals surface area contributed by atoms with Gasteiger partial charge in [0.2, 0.25) is 23.6 Å². The molecular formula is C22H34N8O7S. The van der Waals surface area contributed by atoms with Crippen LogP contribution < -0.4 is 38.9 Å². The number of carbonyl (C=O) groups excluding carboxylic acids is 4. The van der Waals surface area contributed by atoms with Crippen molar-refractivity contribution in [1.29, 1.82) is 0 Å². The van der Waals surface area contributed by atoms with Crippen molar-refractivity contribution in [3.63, 3.8) is 0 Å². The number of nitrogens with one attached hydrogen (secondary N) is 3. The lowest BCUT2D eigenvalue weighted by Crippen LogP contribution is -2.58. The fourth-order valence-electron chi connectivity index (χ4n) is 3.16. The van der Waals surface area contributed by atoms with E-state index in [0.717, 1.165) is 0 Å². The molecule has 4 unspecified atom stereocenters. The molecule has 0 bridgehead atoms. The summed E-state index contributed by atoms with van der Waals surface area (Å²) >= 11 is 4.08. The number of nitrogens with zero attached hydrogens (tertiary/aromatic N) is 1. The minimum absolute atomic E-state index is 0.0136. The Hall–Kier alpha value is -4.05. The predicted octanol–water partition coefficient (Wildman–Crippen LogP) is -3.34. The van der Waals surface area contributed by atoms with E-state index in [1.54, 1.807) is 0 Å². The summed E-state index contributed by atoms with van der Waals surface area (Å²) in [6.07, 6.45) is -0.243. The Morgan fingerprint density at radius 1 is 0.895 bits per heavy atom. The second kappa shape index (κ2) is 15.9. The lowest BCUT2D eigenvalue weighted by molar-refractivity contribution is -0.142. The summed E-state index contributed by atoms with van der Waals surface area (Å²) in [7, 11) is 0. The zero-order chi connectivity index (χ0) is 28.8. The topological polar surface area (TPSA) is 278 Å². The number of aromatic hydroxyl groups is 1. The van der Waals surface area contributed by atoms with Gasteiger partial charge in [-0.1, -0.05) is 12.1 Å². The summed E-state index contributed by atoms with van der Waals surface area (Å²) in [5, 5.41) is 26.1. The first-order chi connectivity index (χ1) is 17.8. The molecule has 0 saturated carbocycles. The van der Waals surface area contributed by atoms with Crippen molar-refractivity contribution in [2.24, 2.45) is 27.9 Å². The van der Waals surface area contributed by atoms with Crippen LogP contribution in [0.4, 0.5) is 0 Å². The van der Waals surface area contributed by atoms with Crippen LogP contribution in [0.5, 0.6) is 5.75 Å². The number of aliphatic carboxylic acids is 1. The number of phenolic OH excluding ortho intramolecular Hbond substituents is 1. The lowest BCUT2D eigenvalue weighted by Gasteiger charge is -2.24. The van der Waals surface area contributed by atoms with Gasteiger partial charge in [0.15, 0.2) is 5.96 Å². The molecule has 4 atom stereocenters. The molecule has 0 aliphatic heterocycles. The molecule has 0 fully saturated rings. The van der Waals surface area contributed by atoms with Crippen molar-refractivity contribution in [1.82, 2.24) is 16.0 Å². The molecule has 0 aliphatic rings. The van der Waals surface area contributed by atoms with Crippen LogP contribution in [0.25, 0.3) is 0 Å². The number of amides is 4. The molecule has 1 aromatic rings. The number of rotatable bonds is 16. The molecule has 1 rings (SSSR count). The van der Waals surface area contributed by atoms with Crippen molar-refractivity contribution >= 4 is 48.2 Å². The highest BCUT2D eigenvalue weighted by Gasteiger charge is 2.30. The third-order valence-electron chi connectivity index (χ3n) is 5.14. The van der Waals surface area contributed by atoms with Crippen LogP contribution in [-0.2, 0) is 30.4 Å². The summed E-state index contributed by atoms with van der Waals surface area (Å²) in [6, 6.07) is 0.695. The maximum atomic E-state index is 13.1. The van der Waals surface area contributed by atoms with Crippen molar-refractivity contribution in [2.45, 2.75) is 49.9 Å². The maximum Gasteiger partial charge on any atom is 0.326 e. The van der Waals surface area contributed by atoms with E-state index >= 15 is 0 Å². The third-order valence-corrected chi connectivity index (χ3v) is 5.51. The molecule has 0 saturated heterocycles. The quantitative estimate of drug-likeness (QED) is 0.0419. The van der Waals surface area contributed by atoms with Gasteiger partial charge in [0.1, 0.15) is 23.9 Å². The highest BCUT2D eigenvalue weighted by Crippen LogP contribution is 2.12. The molecule has 38 heavy (non-hydrogen) atoms. The Kier molecular flexibility index (Phi) is 13.4. The van der Waals surface area contributed by atoms with Crippen molar-refractivity contribution in [2.75, 3.05) is 12.3 Å². The molecular weight excluding hydrogens is 520 g/mol. The molecule has 210 valence electrons. The minimum atomic E-state index is -1.32. The SMILES string of the molecule is NC(=O)CC(N)C(=O)NC(Cc1ccc(O)cc1)C(=O)NC(CS)C(=O)NC(CCCN=C(N)N)C(=O)O. The van der Waals surface area contributed by atoms with Crippen LogP contribution in [0.3, 0.4) is 0 Å². The number of carboxylic acids is 1. The molecule has 16 heteroatoms. The van der Waals surface area contributed by atoms with Gasteiger partial charge in [0.05, 0.1) is 12.5 Å². The number of guanidine groups is 1. The fourth-order valence-corrected chi connectivity index (χ4v) is 3.42. The van der Waals surface area contributed by atoms with Crippen LogP contribution in [0.15, 0.2) is 29.3 Å². The largest absolute Gasteiger partial charge is 0.508 e. The number of nitrogens with two attached hydrogens (primary N) is 4. The smallest absolute Gasteiger partial charge is 0.326 e. The number of thiol groups is 1. The van der Waals surface area contributed by atoms with Gasteiger partial charge in [-0.3, -0.25) is 24.2 Å². The second-order valence-corrected chi connectivity index (χ2v) is 8.67. The molecule has 4 amide bonds. The van der Waals surface area contributed by atoms with Gasteiger partial charge < -0.3 is 49.1 Å². The Morgan fingerprint density at radius 2 is 1.45 bits per heavy atom. The Balaban J connectivity index is 2.97. The molecule has 15 nitrogen and oxygen atoms in total. The molecule has 0 spiro atoms.